The molecule has 1 aromatic heterocycles. The lowest BCUT2D eigenvalue weighted by molar-refractivity contribution is -0.121. The monoisotopic (exact) mass is 372 g/mol. The summed E-state index contributed by atoms with van der Waals surface area (Å²) in [5.41, 5.74) is 1.42. The average molecular weight is 372 g/mol. The highest BCUT2D eigenvalue weighted by atomic mass is 16.5. The third kappa shape index (κ3) is 6.14. The molecule has 1 atom stereocenters. The Morgan fingerprint density at radius 2 is 2.00 bits per heavy atom. The molecule has 1 fully saturated rings. The van der Waals surface area contributed by atoms with E-state index in [1.54, 1.807) is 6.07 Å². The van der Waals surface area contributed by atoms with Gasteiger partial charge in [-0.1, -0.05) is 12.1 Å². The van der Waals surface area contributed by atoms with Crippen LogP contribution in [-0.4, -0.2) is 37.7 Å². The van der Waals surface area contributed by atoms with Crippen molar-refractivity contribution in [1.82, 2.24) is 10.6 Å². The van der Waals surface area contributed by atoms with Gasteiger partial charge in [0.25, 0.3) is 5.91 Å². The number of ether oxygens (including phenoxy) is 2. The summed E-state index contributed by atoms with van der Waals surface area (Å²) >= 11 is 0. The fourth-order valence-corrected chi connectivity index (χ4v) is 2.74. The van der Waals surface area contributed by atoms with Crippen LogP contribution in [0.25, 0.3) is 0 Å². The van der Waals surface area contributed by atoms with E-state index < -0.39 is 0 Å². The Balaban J connectivity index is 1.31. The lowest BCUT2D eigenvalue weighted by Gasteiger charge is -2.12. The molecule has 2 heterocycles. The Hall–Kier alpha value is -2.80. The van der Waals surface area contributed by atoms with Gasteiger partial charge in [0, 0.05) is 26.1 Å². The van der Waals surface area contributed by atoms with Gasteiger partial charge in [0.2, 0.25) is 5.91 Å². The molecule has 1 aromatic carbocycles. The highest BCUT2D eigenvalue weighted by Gasteiger charge is 2.15. The van der Waals surface area contributed by atoms with Crippen LogP contribution in [0.1, 0.15) is 35.2 Å². The minimum atomic E-state index is -0.254. The summed E-state index contributed by atoms with van der Waals surface area (Å²) in [5, 5.41) is 5.51. The Morgan fingerprint density at radius 1 is 1.15 bits per heavy atom. The summed E-state index contributed by atoms with van der Waals surface area (Å²) in [6, 6.07) is 9.20. The highest BCUT2D eigenvalue weighted by molar-refractivity contribution is 5.94. The van der Waals surface area contributed by atoms with E-state index in [4.69, 9.17) is 13.9 Å². The van der Waals surface area contributed by atoms with Crippen LogP contribution in [0.15, 0.2) is 47.3 Å². The molecule has 0 bridgehead atoms. The molecule has 7 nitrogen and oxygen atoms in total. The van der Waals surface area contributed by atoms with Crippen LogP contribution >= 0.6 is 0 Å². The number of nitrogens with one attached hydrogen (secondary N) is 2. The van der Waals surface area contributed by atoms with E-state index in [-0.39, 0.29) is 30.9 Å². The van der Waals surface area contributed by atoms with E-state index in [1.807, 2.05) is 24.3 Å². The van der Waals surface area contributed by atoms with Gasteiger partial charge in [-0.3, -0.25) is 9.59 Å². The van der Waals surface area contributed by atoms with E-state index >= 15 is 0 Å². The minimum absolute atomic E-state index is 0.124. The van der Waals surface area contributed by atoms with Crippen LogP contribution in [0.5, 0.6) is 5.75 Å². The molecule has 1 aliphatic rings. The molecule has 2 amide bonds. The lowest BCUT2D eigenvalue weighted by atomic mass is 10.2. The molecule has 0 saturated carbocycles. The second-order valence-corrected chi connectivity index (χ2v) is 6.38. The summed E-state index contributed by atoms with van der Waals surface area (Å²) in [4.78, 5) is 23.6. The maximum absolute atomic E-state index is 11.9. The second-order valence-electron chi connectivity index (χ2n) is 6.38. The minimum Gasteiger partial charge on any atom is -0.491 e. The molecule has 2 aromatic rings. The largest absolute Gasteiger partial charge is 0.491 e. The Kier molecular flexibility index (Phi) is 6.87. The fraction of sp³-hybridized carbons (Fsp3) is 0.400. The smallest absolute Gasteiger partial charge is 0.254 e. The summed E-state index contributed by atoms with van der Waals surface area (Å²) in [6.45, 7) is 2.09. The summed E-state index contributed by atoms with van der Waals surface area (Å²) < 4.78 is 16.1. The molecule has 0 aliphatic carbocycles. The standard InChI is InChI=1S/C20H24N2O5/c23-19(7-9-21-20(24)16-8-11-25-13-16)22-12-15-3-5-17(6-4-15)27-14-18-2-1-10-26-18/h3-6,8,11,13,18H,1-2,7,9-10,12,14H2,(H,21,24)(H,22,23). The second kappa shape index (κ2) is 9.78. The van der Waals surface area contributed by atoms with Gasteiger partial charge < -0.3 is 24.5 Å². The molecule has 27 heavy (non-hydrogen) atoms. The number of hydrogen-bond acceptors (Lipinski definition) is 5. The number of amides is 2. The van der Waals surface area contributed by atoms with E-state index in [2.05, 4.69) is 10.6 Å². The number of carbonyl (C=O) groups excluding carboxylic acids is 2. The zero-order chi connectivity index (χ0) is 18.9. The predicted octanol–water partition coefficient (Wildman–Crippen LogP) is 2.27. The number of carbonyl (C=O) groups is 2. The molecule has 1 aliphatic heterocycles. The van der Waals surface area contributed by atoms with Crippen LogP contribution in [0.3, 0.4) is 0 Å². The zero-order valence-corrected chi connectivity index (χ0v) is 15.1. The van der Waals surface area contributed by atoms with Crippen molar-refractivity contribution in [2.24, 2.45) is 0 Å². The highest BCUT2D eigenvalue weighted by Crippen LogP contribution is 2.16. The van der Waals surface area contributed by atoms with Crippen molar-refractivity contribution in [3.05, 3.63) is 54.0 Å². The first-order valence-electron chi connectivity index (χ1n) is 9.11. The van der Waals surface area contributed by atoms with E-state index in [1.165, 1.54) is 12.5 Å². The van der Waals surface area contributed by atoms with Gasteiger partial charge in [0.15, 0.2) is 0 Å². The number of rotatable bonds is 9. The van der Waals surface area contributed by atoms with Crippen molar-refractivity contribution in [2.75, 3.05) is 19.8 Å². The molecular formula is C20H24N2O5. The van der Waals surface area contributed by atoms with Crippen LogP contribution in [0.4, 0.5) is 0 Å². The first-order valence-corrected chi connectivity index (χ1v) is 9.11. The molecule has 3 rings (SSSR count). The maximum atomic E-state index is 11.9. The average Bonchev–Trinajstić information content (AvgIpc) is 3.39. The molecule has 1 saturated heterocycles. The van der Waals surface area contributed by atoms with Crippen molar-refractivity contribution in [1.29, 1.82) is 0 Å². The van der Waals surface area contributed by atoms with Crippen LogP contribution in [0, 0.1) is 0 Å². The number of benzene rings is 1. The van der Waals surface area contributed by atoms with Crippen molar-refractivity contribution in [3.8, 4) is 5.75 Å². The van der Waals surface area contributed by atoms with Crippen molar-refractivity contribution in [2.45, 2.75) is 31.9 Å². The first-order chi connectivity index (χ1) is 13.2. The molecule has 0 spiro atoms. The normalized spacial score (nSPS) is 16.1. The Morgan fingerprint density at radius 3 is 2.70 bits per heavy atom. The van der Waals surface area contributed by atoms with Gasteiger partial charge in [0.05, 0.1) is 17.9 Å². The van der Waals surface area contributed by atoms with Gasteiger partial charge in [-0.05, 0) is 36.6 Å². The Labute approximate surface area is 158 Å². The molecule has 2 N–H and O–H groups in total. The summed E-state index contributed by atoms with van der Waals surface area (Å²) in [7, 11) is 0. The van der Waals surface area contributed by atoms with E-state index in [0.717, 1.165) is 30.8 Å². The van der Waals surface area contributed by atoms with Crippen LogP contribution in [0.2, 0.25) is 0 Å². The summed E-state index contributed by atoms with van der Waals surface area (Å²) in [6.07, 6.45) is 5.35. The molecule has 144 valence electrons. The quantitative estimate of drug-likeness (QED) is 0.705. The van der Waals surface area contributed by atoms with Gasteiger partial charge in [-0.2, -0.15) is 0 Å². The molecule has 1 unspecified atom stereocenters. The van der Waals surface area contributed by atoms with E-state index in [0.29, 0.717) is 18.7 Å². The summed E-state index contributed by atoms with van der Waals surface area (Å²) in [5.74, 6) is 0.416. The van der Waals surface area contributed by atoms with Crippen LogP contribution < -0.4 is 15.4 Å². The van der Waals surface area contributed by atoms with Gasteiger partial charge in [-0.25, -0.2) is 0 Å². The Bertz CT molecular complexity index is 721. The predicted molar refractivity (Wildman–Crippen MR) is 98.4 cm³/mol. The number of furan rings is 1. The maximum Gasteiger partial charge on any atom is 0.254 e. The first kappa shape index (κ1) is 19.0. The van der Waals surface area contributed by atoms with Gasteiger partial charge >= 0.3 is 0 Å². The fourth-order valence-electron chi connectivity index (χ4n) is 2.74. The third-order valence-corrected chi connectivity index (χ3v) is 4.29. The van der Waals surface area contributed by atoms with Crippen molar-refractivity contribution < 1.29 is 23.5 Å². The van der Waals surface area contributed by atoms with E-state index in [9.17, 15) is 9.59 Å². The lowest BCUT2D eigenvalue weighted by Crippen LogP contribution is -2.30. The number of hydrogen-bond donors (Lipinski definition) is 2. The van der Waals surface area contributed by atoms with Crippen molar-refractivity contribution in [3.63, 3.8) is 0 Å². The molecule has 0 radical (unpaired) electrons. The molecular weight excluding hydrogens is 348 g/mol. The SMILES string of the molecule is O=C(CCNC(=O)c1ccoc1)NCc1ccc(OCC2CCCO2)cc1. The van der Waals surface area contributed by atoms with Crippen LogP contribution in [-0.2, 0) is 16.1 Å². The van der Waals surface area contributed by atoms with Gasteiger partial charge in [0.1, 0.15) is 18.6 Å². The topological polar surface area (TPSA) is 89.8 Å². The van der Waals surface area contributed by atoms with Gasteiger partial charge in [-0.15, -0.1) is 0 Å². The third-order valence-electron chi connectivity index (χ3n) is 4.29. The van der Waals surface area contributed by atoms with Crippen molar-refractivity contribution >= 4 is 11.8 Å². The zero-order valence-electron chi connectivity index (χ0n) is 15.1. The molecule has 7 heteroatoms.